The molecule has 12 heteroatoms. The highest BCUT2D eigenvalue weighted by atomic mass is 16.5. The van der Waals surface area contributed by atoms with Crippen LogP contribution in [0.15, 0.2) is 22.8 Å². The Kier molecular flexibility index (Phi) is 8.18. The fourth-order valence-electron chi connectivity index (χ4n) is 4.67. The summed E-state index contributed by atoms with van der Waals surface area (Å²) >= 11 is 0. The third kappa shape index (κ3) is 5.90. The maximum Gasteiger partial charge on any atom is 0.302 e. The smallest absolute Gasteiger partial charge is 0.302 e. The molecule has 38 heavy (non-hydrogen) atoms. The zero-order valence-corrected chi connectivity index (χ0v) is 22.1. The lowest BCUT2D eigenvalue weighted by molar-refractivity contribution is -0.146. The zero-order chi connectivity index (χ0) is 27.4. The van der Waals surface area contributed by atoms with Gasteiger partial charge >= 0.3 is 5.97 Å². The summed E-state index contributed by atoms with van der Waals surface area (Å²) in [6, 6.07) is 3.50. The Bertz CT molecular complexity index is 1220. The van der Waals surface area contributed by atoms with Gasteiger partial charge in [0.2, 0.25) is 11.8 Å². The Morgan fingerprint density at radius 3 is 2.53 bits per heavy atom. The molecule has 4 rings (SSSR count). The molecule has 0 spiro atoms. The molecule has 1 N–H and O–H groups in total. The highest BCUT2D eigenvalue weighted by Gasteiger charge is 2.34. The van der Waals surface area contributed by atoms with Crippen molar-refractivity contribution in [2.45, 2.75) is 40.2 Å². The molecule has 1 saturated heterocycles. The second kappa shape index (κ2) is 11.5. The van der Waals surface area contributed by atoms with Gasteiger partial charge in [-0.15, -0.1) is 0 Å². The number of fused-ring (bicyclic) bond motifs is 1. The van der Waals surface area contributed by atoms with Crippen molar-refractivity contribution >= 4 is 35.2 Å². The fraction of sp³-hybridized carbons (Fsp3) is 0.500. The van der Waals surface area contributed by atoms with Gasteiger partial charge in [-0.1, -0.05) is 0 Å². The van der Waals surface area contributed by atoms with E-state index in [0.29, 0.717) is 63.0 Å². The lowest BCUT2D eigenvalue weighted by Crippen LogP contribution is -2.48. The molecule has 0 aromatic carbocycles. The van der Waals surface area contributed by atoms with Crippen LogP contribution in [0.25, 0.3) is 0 Å². The highest BCUT2D eigenvalue weighted by molar-refractivity contribution is 6.13. The maximum absolute atomic E-state index is 13.3. The van der Waals surface area contributed by atoms with Crippen LogP contribution in [-0.2, 0) is 20.7 Å². The van der Waals surface area contributed by atoms with Crippen LogP contribution in [0.2, 0.25) is 0 Å². The summed E-state index contributed by atoms with van der Waals surface area (Å²) in [7, 11) is 0. The summed E-state index contributed by atoms with van der Waals surface area (Å²) in [4.78, 5) is 59.4. The van der Waals surface area contributed by atoms with Gasteiger partial charge in [-0.3, -0.25) is 19.2 Å². The number of rotatable bonds is 8. The molecule has 12 nitrogen and oxygen atoms in total. The van der Waals surface area contributed by atoms with Crippen LogP contribution in [0.5, 0.6) is 5.88 Å². The molecule has 2 aromatic heterocycles. The lowest BCUT2D eigenvalue weighted by atomic mass is 10.0. The van der Waals surface area contributed by atoms with Gasteiger partial charge < -0.3 is 33.9 Å². The second-order valence-corrected chi connectivity index (χ2v) is 9.27. The van der Waals surface area contributed by atoms with Gasteiger partial charge in [0.25, 0.3) is 11.8 Å². The van der Waals surface area contributed by atoms with Crippen LogP contribution >= 0.6 is 0 Å². The first-order valence-corrected chi connectivity index (χ1v) is 12.7. The number of furan rings is 1. The Hall–Kier alpha value is -4.09. The molecular weight excluding hydrogens is 494 g/mol. The number of pyridine rings is 1. The van der Waals surface area contributed by atoms with Crippen molar-refractivity contribution in [2.24, 2.45) is 0 Å². The minimum atomic E-state index is -0.524. The molecule has 2 aromatic rings. The number of aromatic nitrogens is 1. The monoisotopic (exact) mass is 527 g/mol. The van der Waals surface area contributed by atoms with E-state index in [1.165, 1.54) is 13.2 Å². The molecule has 1 atom stereocenters. The van der Waals surface area contributed by atoms with Crippen molar-refractivity contribution < 1.29 is 33.1 Å². The predicted molar refractivity (Wildman–Crippen MR) is 137 cm³/mol. The number of nitrogens with one attached hydrogen (secondary N) is 1. The quantitative estimate of drug-likeness (QED) is 0.511. The first-order valence-electron chi connectivity index (χ1n) is 12.7. The molecular formula is C26H33N5O7. The number of hydrogen-bond donors (Lipinski definition) is 1. The minimum absolute atomic E-state index is 0.0487. The SMILES string of the molecule is CCOc1nc(N2CCN(C(C)=O)CC2)ccc1NC(=O)c1coc2c1C(=O)N(C[C@@H](C)OC(C)=O)CC2. The largest absolute Gasteiger partial charge is 0.476 e. The number of carbonyl (C=O) groups excluding carboxylic acids is 4. The van der Waals surface area contributed by atoms with E-state index in [2.05, 4.69) is 15.2 Å². The average Bonchev–Trinajstić information content (AvgIpc) is 3.32. The van der Waals surface area contributed by atoms with E-state index in [1.54, 1.807) is 35.8 Å². The third-order valence-corrected chi connectivity index (χ3v) is 6.49. The summed E-state index contributed by atoms with van der Waals surface area (Å²) < 4.78 is 16.4. The van der Waals surface area contributed by atoms with Gasteiger partial charge in [0.15, 0.2) is 0 Å². The van der Waals surface area contributed by atoms with Crippen molar-refractivity contribution in [2.75, 3.05) is 56.1 Å². The number of esters is 1. The van der Waals surface area contributed by atoms with Crippen LogP contribution in [0, 0.1) is 0 Å². The fourth-order valence-corrected chi connectivity index (χ4v) is 4.67. The number of hydrogen-bond acceptors (Lipinski definition) is 9. The molecule has 2 aliphatic heterocycles. The van der Waals surface area contributed by atoms with Gasteiger partial charge in [0, 0.05) is 53.0 Å². The van der Waals surface area contributed by atoms with Gasteiger partial charge in [-0.25, -0.2) is 0 Å². The third-order valence-electron chi connectivity index (χ3n) is 6.49. The van der Waals surface area contributed by atoms with Gasteiger partial charge in [0.1, 0.15) is 29.6 Å². The van der Waals surface area contributed by atoms with Gasteiger partial charge in [-0.2, -0.15) is 4.98 Å². The van der Waals surface area contributed by atoms with Crippen LogP contribution in [0.4, 0.5) is 11.5 Å². The molecule has 1 fully saturated rings. The van der Waals surface area contributed by atoms with Gasteiger partial charge in [0.05, 0.1) is 24.3 Å². The van der Waals surface area contributed by atoms with E-state index in [1.807, 2.05) is 6.92 Å². The summed E-state index contributed by atoms with van der Waals surface area (Å²) in [6.07, 6.45) is 1.25. The summed E-state index contributed by atoms with van der Waals surface area (Å²) in [6.45, 7) is 9.85. The topological polar surface area (TPSA) is 135 Å². The maximum atomic E-state index is 13.3. The normalized spacial score (nSPS) is 16.1. The first kappa shape index (κ1) is 27.0. The Morgan fingerprint density at radius 1 is 1.13 bits per heavy atom. The molecule has 0 unspecified atom stereocenters. The van der Waals surface area contributed by atoms with Crippen molar-refractivity contribution in [3.8, 4) is 5.88 Å². The van der Waals surface area contributed by atoms with E-state index >= 15 is 0 Å². The van der Waals surface area contributed by atoms with Crippen molar-refractivity contribution in [1.29, 1.82) is 0 Å². The highest BCUT2D eigenvalue weighted by Crippen LogP contribution is 2.30. The number of carbonyl (C=O) groups is 4. The molecule has 204 valence electrons. The van der Waals surface area contributed by atoms with Crippen molar-refractivity contribution in [3.05, 3.63) is 35.3 Å². The molecule has 0 aliphatic carbocycles. The van der Waals surface area contributed by atoms with Crippen LogP contribution in [0.1, 0.15) is 54.2 Å². The minimum Gasteiger partial charge on any atom is -0.476 e. The number of anilines is 2. The van der Waals surface area contributed by atoms with E-state index in [0.717, 1.165) is 0 Å². The zero-order valence-electron chi connectivity index (χ0n) is 22.1. The van der Waals surface area contributed by atoms with Crippen molar-refractivity contribution in [3.63, 3.8) is 0 Å². The Morgan fingerprint density at radius 2 is 1.87 bits per heavy atom. The Balaban J connectivity index is 1.49. The van der Waals surface area contributed by atoms with E-state index < -0.39 is 18.0 Å². The van der Waals surface area contributed by atoms with Crippen LogP contribution < -0.4 is 15.0 Å². The Labute approximate surface area is 220 Å². The lowest BCUT2D eigenvalue weighted by Gasteiger charge is -2.35. The van der Waals surface area contributed by atoms with Crippen LogP contribution in [0.3, 0.4) is 0 Å². The second-order valence-electron chi connectivity index (χ2n) is 9.27. The van der Waals surface area contributed by atoms with Gasteiger partial charge in [-0.05, 0) is 26.0 Å². The molecule has 0 radical (unpaired) electrons. The molecule has 0 bridgehead atoms. The van der Waals surface area contributed by atoms with E-state index in [9.17, 15) is 19.2 Å². The van der Waals surface area contributed by atoms with Crippen LogP contribution in [-0.4, -0.2) is 90.5 Å². The van der Waals surface area contributed by atoms with Crippen molar-refractivity contribution in [1.82, 2.24) is 14.8 Å². The number of piperazine rings is 1. The molecule has 3 amide bonds. The number of amides is 3. The summed E-state index contributed by atoms with van der Waals surface area (Å²) in [5, 5.41) is 2.80. The first-order chi connectivity index (χ1) is 18.2. The number of nitrogens with zero attached hydrogens (tertiary/aromatic N) is 4. The molecule has 0 saturated carbocycles. The van der Waals surface area contributed by atoms with E-state index in [4.69, 9.17) is 13.9 Å². The number of ether oxygens (including phenoxy) is 2. The average molecular weight is 528 g/mol. The van der Waals surface area contributed by atoms with E-state index in [-0.39, 0.29) is 35.4 Å². The summed E-state index contributed by atoms with van der Waals surface area (Å²) in [5.74, 6) is 0.133. The summed E-state index contributed by atoms with van der Waals surface area (Å²) in [5.41, 5.74) is 0.679. The standard InChI is InChI=1S/C26H33N5O7/c1-5-36-25-20(6-7-22(28-25)30-12-10-29(11-13-30)17(3)32)27-24(34)19-15-37-21-8-9-31(26(35)23(19)21)14-16(2)38-18(4)33/h6-7,15-16H,5,8-14H2,1-4H3,(H,27,34)/t16-/m1/s1. The molecule has 2 aliphatic rings. The predicted octanol–water partition coefficient (Wildman–Crippen LogP) is 1.94. The molecule has 4 heterocycles.